The molecule has 0 bridgehead atoms. The summed E-state index contributed by atoms with van der Waals surface area (Å²) in [5.74, 6) is -0.399. The second kappa shape index (κ2) is 9.78. The molecule has 28 heavy (non-hydrogen) atoms. The highest BCUT2D eigenvalue weighted by atomic mass is 32.1. The maximum atomic E-state index is 13.3. The van der Waals surface area contributed by atoms with Gasteiger partial charge in [-0.05, 0) is 37.0 Å². The van der Waals surface area contributed by atoms with Gasteiger partial charge in [-0.25, -0.2) is 9.37 Å². The SMILES string of the molecule is CCc1csc(CCNC(=O)[C@@H]2CCC(=O)N(CCc3cccc(F)c3)C2)n1. The van der Waals surface area contributed by atoms with E-state index in [1.165, 1.54) is 12.1 Å². The minimum atomic E-state index is -0.272. The Bertz CT molecular complexity index is 823. The Morgan fingerprint density at radius 2 is 2.25 bits per heavy atom. The van der Waals surface area contributed by atoms with E-state index < -0.39 is 0 Å². The van der Waals surface area contributed by atoms with Crippen molar-refractivity contribution in [2.24, 2.45) is 5.92 Å². The molecule has 3 rings (SSSR count). The van der Waals surface area contributed by atoms with Crippen LogP contribution in [0.25, 0.3) is 0 Å². The number of hydrogen-bond donors (Lipinski definition) is 1. The topological polar surface area (TPSA) is 62.3 Å². The number of piperidine rings is 1. The van der Waals surface area contributed by atoms with Crippen molar-refractivity contribution in [3.63, 3.8) is 0 Å². The van der Waals surface area contributed by atoms with Crippen LogP contribution in [-0.2, 0) is 28.9 Å². The molecule has 0 radical (unpaired) electrons. The van der Waals surface area contributed by atoms with E-state index in [0.29, 0.717) is 38.9 Å². The number of likely N-dealkylation sites (tertiary alicyclic amines) is 1. The van der Waals surface area contributed by atoms with Gasteiger partial charge in [-0.2, -0.15) is 0 Å². The van der Waals surface area contributed by atoms with Crippen LogP contribution in [0.4, 0.5) is 4.39 Å². The van der Waals surface area contributed by atoms with Crippen LogP contribution < -0.4 is 5.32 Å². The largest absolute Gasteiger partial charge is 0.355 e. The number of aromatic nitrogens is 1. The Morgan fingerprint density at radius 3 is 3.00 bits per heavy atom. The third kappa shape index (κ3) is 5.61. The molecule has 7 heteroatoms. The Hall–Kier alpha value is -2.28. The van der Waals surface area contributed by atoms with E-state index in [4.69, 9.17) is 0 Å². The number of hydrogen-bond acceptors (Lipinski definition) is 4. The molecule has 1 saturated heterocycles. The zero-order valence-electron chi connectivity index (χ0n) is 16.1. The van der Waals surface area contributed by atoms with Gasteiger partial charge in [0.1, 0.15) is 5.82 Å². The van der Waals surface area contributed by atoms with Gasteiger partial charge in [0.25, 0.3) is 0 Å². The van der Waals surface area contributed by atoms with Crippen LogP contribution in [0.1, 0.15) is 36.0 Å². The van der Waals surface area contributed by atoms with Crippen molar-refractivity contribution in [3.05, 3.63) is 51.7 Å². The second-order valence-electron chi connectivity index (χ2n) is 7.08. The molecule has 2 aromatic rings. The number of carbonyl (C=O) groups excluding carboxylic acids is 2. The van der Waals surface area contributed by atoms with Crippen molar-refractivity contribution < 1.29 is 14.0 Å². The second-order valence-corrected chi connectivity index (χ2v) is 8.03. The van der Waals surface area contributed by atoms with Crippen molar-refractivity contribution in [2.45, 2.75) is 39.0 Å². The third-order valence-electron chi connectivity index (χ3n) is 5.03. The number of rotatable bonds is 8. The van der Waals surface area contributed by atoms with E-state index in [2.05, 4.69) is 22.6 Å². The molecule has 0 spiro atoms. The average Bonchev–Trinajstić information content (AvgIpc) is 3.15. The summed E-state index contributed by atoms with van der Waals surface area (Å²) in [4.78, 5) is 30.9. The summed E-state index contributed by atoms with van der Waals surface area (Å²) in [5.41, 5.74) is 1.94. The lowest BCUT2D eigenvalue weighted by Crippen LogP contribution is -2.46. The van der Waals surface area contributed by atoms with E-state index in [-0.39, 0.29) is 23.5 Å². The molecule has 1 aromatic heterocycles. The molecular weight excluding hydrogens is 377 g/mol. The van der Waals surface area contributed by atoms with Gasteiger partial charge in [-0.15, -0.1) is 11.3 Å². The highest BCUT2D eigenvalue weighted by Gasteiger charge is 2.29. The lowest BCUT2D eigenvalue weighted by atomic mass is 9.96. The zero-order valence-corrected chi connectivity index (χ0v) is 16.9. The summed E-state index contributed by atoms with van der Waals surface area (Å²) in [5, 5.41) is 6.08. The lowest BCUT2D eigenvalue weighted by Gasteiger charge is -2.32. The summed E-state index contributed by atoms with van der Waals surface area (Å²) >= 11 is 1.63. The van der Waals surface area contributed by atoms with E-state index in [9.17, 15) is 14.0 Å². The fourth-order valence-corrected chi connectivity index (χ4v) is 4.25. The van der Waals surface area contributed by atoms with Crippen molar-refractivity contribution >= 4 is 23.2 Å². The highest BCUT2D eigenvalue weighted by Crippen LogP contribution is 2.19. The maximum Gasteiger partial charge on any atom is 0.224 e. The molecule has 0 saturated carbocycles. The summed E-state index contributed by atoms with van der Waals surface area (Å²) in [7, 11) is 0. The molecule has 150 valence electrons. The number of benzene rings is 1. The molecule has 0 unspecified atom stereocenters. The maximum absolute atomic E-state index is 13.3. The van der Waals surface area contributed by atoms with Gasteiger partial charge in [-0.1, -0.05) is 19.1 Å². The number of nitrogens with zero attached hydrogens (tertiary/aromatic N) is 2. The molecule has 2 amide bonds. The Kier molecular flexibility index (Phi) is 7.14. The van der Waals surface area contributed by atoms with Crippen molar-refractivity contribution in [2.75, 3.05) is 19.6 Å². The van der Waals surface area contributed by atoms with Crippen LogP contribution in [0.2, 0.25) is 0 Å². The van der Waals surface area contributed by atoms with E-state index in [1.54, 1.807) is 22.3 Å². The minimum Gasteiger partial charge on any atom is -0.355 e. The van der Waals surface area contributed by atoms with Crippen LogP contribution in [0.3, 0.4) is 0 Å². The molecular formula is C21H26FN3O2S. The normalized spacial score (nSPS) is 17.0. The molecule has 1 aromatic carbocycles. The highest BCUT2D eigenvalue weighted by molar-refractivity contribution is 7.09. The van der Waals surface area contributed by atoms with Crippen LogP contribution in [0, 0.1) is 11.7 Å². The summed E-state index contributed by atoms with van der Waals surface area (Å²) < 4.78 is 13.3. The van der Waals surface area contributed by atoms with Crippen LogP contribution in [-0.4, -0.2) is 41.3 Å². The molecule has 1 aliphatic rings. The van der Waals surface area contributed by atoms with Crippen LogP contribution in [0.5, 0.6) is 0 Å². The van der Waals surface area contributed by atoms with Gasteiger partial charge >= 0.3 is 0 Å². The monoisotopic (exact) mass is 403 g/mol. The quantitative estimate of drug-likeness (QED) is 0.737. The molecule has 2 heterocycles. The Morgan fingerprint density at radius 1 is 1.39 bits per heavy atom. The fourth-order valence-electron chi connectivity index (χ4n) is 3.36. The first kappa shape index (κ1) is 20.5. The summed E-state index contributed by atoms with van der Waals surface area (Å²) in [6.45, 7) is 3.57. The van der Waals surface area contributed by atoms with Crippen molar-refractivity contribution in [1.82, 2.24) is 15.2 Å². The number of thiazole rings is 1. The first-order valence-electron chi connectivity index (χ1n) is 9.78. The fraction of sp³-hybridized carbons (Fsp3) is 0.476. The van der Waals surface area contributed by atoms with Crippen LogP contribution in [0.15, 0.2) is 29.6 Å². The summed E-state index contributed by atoms with van der Waals surface area (Å²) in [6.07, 6.45) is 3.20. The van der Waals surface area contributed by atoms with Gasteiger partial charge in [0.2, 0.25) is 11.8 Å². The molecule has 1 atom stereocenters. The smallest absolute Gasteiger partial charge is 0.224 e. The van der Waals surface area contributed by atoms with E-state index >= 15 is 0 Å². The number of aryl methyl sites for hydroxylation is 1. The van der Waals surface area contributed by atoms with Crippen molar-refractivity contribution in [3.8, 4) is 0 Å². The number of nitrogens with one attached hydrogen (secondary N) is 1. The third-order valence-corrected chi connectivity index (χ3v) is 5.99. The molecule has 0 aliphatic carbocycles. The van der Waals surface area contributed by atoms with Gasteiger partial charge in [0.15, 0.2) is 0 Å². The van der Waals surface area contributed by atoms with E-state index in [0.717, 1.165) is 29.1 Å². The number of carbonyl (C=O) groups is 2. The van der Waals surface area contributed by atoms with E-state index in [1.807, 2.05) is 6.07 Å². The molecule has 1 N–H and O–H groups in total. The lowest BCUT2D eigenvalue weighted by molar-refractivity contribution is -0.138. The molecule has 1 fully saturated rings. The van der Waals surface area contributed by atoms with Crippen LogP contribution >= 0.6 is 11.3 Å². The Balaban J connectivity index is 1.45. The number of halogens is 1. The number of amides is 2. The zero-order chi connectivity index (χ0) is 19.9. The first-order chi connectivity index (χ1) is 13.5. The minimum absolute atomic E-state index is 0.00414. The summed E-state index contributed by atoms with van der Waals surface area (Å²) in [6, 6.07) is 6.42. The predicted molar refractivity (Wildman–Crippen MR) is 108 cm³/mol. The Labute approximate surface area is 169 Å². The predicted octanol–water partition coefficient (Wildman–Crippen LogP) is 2.98. The van der Waals surface area contributed by atoms with Gasteiger partial charge in [-0.3, -0.25) is 9.59 Å². The standard InChI is InChI=1S/C21H26FN3O2S/c1-2-18-14-28-19(24-18)8-10-23-21(27)16-6-7-20(26)25(13-16)11-9-15-4-3-5-17(22)12-15/h3-5,12,14,16H,2,6-11,13H2,1H3,(H,23,27)/t16-/m1/s1. The average molecular weight is 404 g/mol. The van der Waals surface area contributed by atoms with Gasteiger partial charge in [0, 0.05) is 37.9 Å². The van der Waals surface area contributed by atoms with Crippen molar-refractivity contribution in [1.29, 1.82) is 0 Å². The first-order valence-corrected chi connectivity index (χ1v) is 10.7. The van der Waals surface area contributed by atoms with Gasteiger partial charge < -0.3 is 10.2 Å². The molecule has 1 aliphatic heterocycles. The molecule has 5 nitrogen and oxygen atoms in total. The van der Waals surface area contributed by atoms with Gasteiger partial charge in [0.05, 0.1) is 16.6 Å².